The summed E-state index contributed by atoms with van der Waals surface area (Å²) >= 11 is 0. The highest BCUT2D eigenvalue weighted by Gasteiger charge is 2.32. The molecule has 0 radical (unpaired) electrons. The second-order valence-corrected chi connectivity index (χ2v) is 8.27. The minimum Gasteiger partial charge on any atom is -0.447 e. The number of rotatable bonds is 3. The molecule has 1 aromatic carbocycles. The molecule has 0 spiro atoms. The predicted octanol–water partition coefficient (Wildman–Crippen LogP) is 3.45. The molecule has 164 valence electrons. The van der Waals surface area contributed by atoms with Gasteiger partial charge in [-0.05, 0) is 57.0 Å². The van der Waals surface area contributed by atoms with Gasteiger partial charge in [0.1, 0.15) is 18.2 Å². The Bertz CT molecular complexity index is 1030. The number of hydrogen-bond acceptors (Lipinski definition) is 5. The molecule has 8 heteroatoms. The van der Waals surface area contributed by atoms with Crippen molar-refractivity contribution < 1.29 is 18.7 Å². The first kappa shape index (κ1) is 21.1. The minimum absolute atomic E-state index is 0.0119. The van der Waals surface area contributed by atoms with Crippen LogP contribution in [0.1, 0.15) is 34.1 Å². The fourth-order valence-electron chi connectivity index (χ4n) is 4.14. The van der Waals surface area contributed by atoms with Crippen molar-refractivity contribution in [2.75, 3.05) is 42.6 Å². The first-order chi connectivity index (χ1) is 14.8. The molecular formula is C23H27FN4O3. The quantitative estimate of drug-likeness (QED) is 0.752. The summed E-state index contributed by atoms with van der Waals surface area (Å²) in [6.45, 7) is 10.4. The standard InChI is InChI=1S/C23H27FN4O3/c1-14-11-15(2)21(25-17(14)4)26-7-9-27(10-8-26)22(29)19-6-5-18(12-20(19)24)28-16(3)13-31-23(28)30/h5-6,11-12,16H,7-10,13H2,1-4H3. The number of nitrogens with zero attached hydrogens (tertiary/aromatic N) is 4. The molecule has 2 aromatic rings. The fourth-order valence-corrected chi connectivity index (χ4v) is 4.14. The molecule has 0 N–H and O–H groups in total. The van der Waals surface area contributed by atoms with Crippen molar-refractivity contribution in [3.63, 3.8) is 0 Å². The number of aromatic nitrogens is 1. The Morgan fingerprint density at radius 1 is 1.10 bits per heavy atom. The lowest BCUT2D eigenvalue weighted by molar-refractivity contribution is 0.0742. The first-order valence-corrected chi connectivity index (χ1v) is 10.5. The van der Waals surface area contributed by atoms with Crippen LogP contribution in [0.4, 0.5) is 20.7 Å². The summed E-state index contributed by atoms with van der Waals surface area (Å²) in [4.78, 5) is 34.8. The van der Waals surface area contributed by atoms with Gasteiger partial charge in [-0.25, -0.2) is 14.2 Å². The van der Waals surface area contributed by atoms with Crippen LogP contribution in [0.2, 0.25) is 0 Å². The van der Waals surface area contributed by atoms with E-state index in [0.717, 1.165) is 22.6 Å². The second-order valence-electron chi connectivity index (χ2n) is 8.27. The Balaban J connectivity index is 1.45. The largest absolute Gasteiger partial charge is 0.447 e. The van der Waals surface area contributed by atoms with Gasteiger partial charge in [0.05, 0.1) is 17.3 Å². The maximum atomic E-state index is 14.8. The molecule has 7 nitrogen and oxygen atoms in total. The Morgan fingerprint density at radius 2 is 1.81 bits per heavy atom. The SMILES string of the molecule is Cc1cc(C)c(N2CCN(C(=O)c3ccc(N4C(=O)OCC4C)cc3F)CC2)nc1C. The topological polar surface area (TPSA) is 66.0 Å². The fraction of sp³-hybridized carbons (Fsp3) is 0.435. The normalized spacial score (nSPS) is 19.1. The molecule has 2 aliphatic heterocycles. The summed E-state index contributed by atoms with van der Waals surface area (Å²) in [6.07, 6.45) is -0.502. The molecule has 4 rings (SSSR count). The van der Waals surface area contributed by atoms with E-state index in [1.807, 2.05) is 27.7 Å². The van der Waals surface area contributed by atoms with Gasteiger partial charge < -0.3 is 14.5 Å². The molecule has 1 aromatic heterocycles. The zero-order valence-electron chi connectivity index (χ0n) is 18.3. The zero-order valence-corrected chi connectivity index (χ0v) is 18.3. The minimum atomic E-state index is -0.636. The van der Waals surface area contributed by atoms with Crippen molar-refractivity contribution in [3.8, 4) is 0 Å². The molecule has 2 saturated heterocycles. The van der Waals surface area contributed by atoms with E-state index in [9.17, 15) is 14.0 Å². The number of ether oxygens (including phenoxy) is 1. The smallest absolute Gasteiger partial charge is 0.414 e. The number of hydrogen-bond donors (Lipinski definition) is 0. The van der Waals surface area contributed by atoms with Crippen LogP contribution in [-0.4, -0.2) is 60.7 Å². The van der Waals surface area contributed by atoms with Gasteiger partial charge in [0.25, 0.3) is 5.91 Å². The molecule has 31 heavy (non-hydrogen) atoms. The Hall–Kier alpha value is -3.16. The molecule has 2 fully saturated rings. The maximum absolute atomic E-state index is 14.8. The Kier molecular flexibility index (Phi) is 5.56. The zero-order chi connectivity index (χ0) is 22.3. The van der Waals surface area contributed by atoms with E-state index in [1.165, 1.54) is 17.0 Å². The summed E-state index contributed by atoms with van der Waals surface area (Å²) in [5.41, 5.74) is 3.67. The van der Waals surface area contributed by atoms with Gasteiger partial charge in [-0.2, -0.15) is 0 Å². The van der Waals surface area contributed by atoms with Gasteiger partial charge in [-0.1, -0.05) is 6.07 Å². The number of carbonyl (C=O) groups is 2. The first-order valence-electron chi connectivity index (χ1n) is 10.5. The molecule has 0 bridgehead atoms. The van der Waals surface area contributed by atoms with Crippen LogP contribution in [0, 0.1) is 26.6 Å². The van der Waals surface area contributed by atoms with Crippen LogP contribution in [0.5, 0.6) is 0 Å². The van der Waals surface area contributed by atoms with Crippen molar-refractivity contribution >= 4 is 23.5 Å². The number of anilines is 2. The van der Waals surface area contributed by atoms with E-state index in [-0.39, 0.29) is 24.1 Å². The number of piperazine rings is 1. The van der Waals surface area contributed by atoms with Crippen LogP contribution in [0.3, 0.4) is 0 Å². The van der Waals surface area contributed by atoms with E-state index in [1.54, 1.807) is 11.0 Å². The molecule has 2 amide bonds. The van der Waals surface area contributed by atoms with Crippen molar-refractivity contribution in [1.82, 2.24) is 9.88 Å². The second kappa shape index (κ2) is 8.17. The third-order valence-corrected chi connectivity index (χ3v) is 6.04. The summed E-state index contributed by atoms with van der Waals surface area (Å²) < 4.78 is 19.8. The number of benzene rings is 1. The highest BCUT2D eigenvalue weighted by molar-refractivity contribution is 5.96. The van der Waals surface area contributed by atoms with Gasteiger partial charge in [0.15, 0.2) is 0 Å². The lowest BCUT2D eigenvalue weighted by Gasteiger charge is -2.36. The molecular weight excluding hydrogens is 399 g/mol. The summed E-state index contributed by atoms with van der Waals surface area (Å²) in [5, 5.41) is 0. The average molecular weight is 426 g/mol. The summed E-state index contributed by atoms with van der Waals surface area (Å²) in [7, 11) is 0. The molecule has 0 saturated carbocycles. The lowest BCUT2D eigenvalue weighted by atomic mass is 10.1. The van der Waals surface area contributed by atoms with Gasteiger partial charge in [-0.3, -0.25) is 9.69 Å². The maximum Gasteiger partial charge on any atom is 0.414 e. The monoisotopic (exact) mass is 426 g/mol. The van der Waals surface area contributed by atoms with Crippen LogP contribution in [-0.2, 0) is 4.74 Å². The van der Waals surface area contributed by atoms with Crippen LogP contribution in [0.15, 0.2) is 24.3 Å². The van der Waals surface area contributed by atoms with Crippen LogP contribution < -0.4 is 9.80 Å². The van der Waals surface area contributed by atoms with E-state index in [0.29, 0.717) is 31.9 Å². The van der Waals surface area contributed by atoms with Gasteiger partial charge in [0.2, 0.25) is 0 Å². The van der Waals surface area contributed by atoms with Crippen molar-refractivity contribution in [3.05, 3.63) is 52.5 Å². The number of pyridine rings is 1. The predicted molar refractivity (Wildman–Crippen MR) is 116 cm³/mol. The van der Waals surface area contributed by atoms with E-state index in [4.69, 9.17) is 9.72 Å². The summed E-state index contributed by atoms with van der Waals surface area (Å²) in [6, 6.07) is 6.23. The van der Waals surface area contributed by atoms with Gasteiger partial charge in [0, 0.05) is 31.9 Å². The number of cyclic esters (lactones) is 1. The van der Waals surface area contributed by atoms with E-state index >= 15 is 0 Å². The highest BCUT2D eigenvalue weighted by Crippen LogP contribution is 2.26. The van der Waals surface area contributed by atoms with Gasteiger partial charge in [-0.15, -0.1) is 0 Å². The number of halogens is 1. The number of aryl methyl sites for hydroxylation is 3. The molecule has 3 heterocycles. The highest BCUT2D eigenvalue weighted by atomic mass is 19.1. The summed E-state index contributed by atoms with van der Waals surface area (Å²) in [5.74, 6) is -0.0358. The third-order valence-electron chi connectivity index (χ3n) is 6.04. The Labute approximate surface area is 181 Å². The number of amides is 2. The molecule has 1 unspecified atom stereocenters. The van der Waals surface area contributed by atoms with Crippen LogP contribution >= 0.6 is 0 Å². The van der Waals surface area contributed by atoms with Crippen molar-refractivity contribution in [2.45, 2.75) is 33.7 Å². The van der Waals surface area contributed by atoms with Crippen LogP contribution in [0.25, 0.3) is 0 Å². The molecule has 0 aliphatic carbocycles. The lowest BCUT2D eigenvalue weighted by Crippen LogP contribution is -2.49. The number of carbonyl (C=O) groups excluding carboxylic acids is 2. The molecule has 1 atom stereocenters. The van der Waals surface area contributed by atoms with Crippen molar-refractivity contribution in [2.24, 2.45) is 0 Å². The van der Waals surface area contributed by atoms with Gasteiger partial charge >= 0.3 is 6.09 Å². The van der Waals surface area contributed by atoms with E-state index in [2.05, 4.69) is 11.0 Å². The van der Waals surface area contributed by atoms with E-state index < -0.39 is 11.9 Å². The van der Waals surface area contributed by atoms with Crippen molar-refractivity contribution in [1.29, 1.82) is 0 Å². The average Bonchev–Trinajstić information content (AvgIpc) is 3.08. The Morgan fingerprint density at radius 3 is 2.42 bits per heavy atom. The third kappa shape index (κ3) is 3.94. The molecule has 2 aliphatic rings.